The van der Waals surface area contributed by atoms with Gasteiger partial charge in [-0.1, -0.05) is 31.9 Å². The lowest BCUT2D eigenvalue weighted by atomic mass is 10.1. The number of hydrogen-bond acceptors (Lipinski definition) is 2. The molecule has 1 rings (SSSR count). The van der Waals surface area contributed by atoms with E-state index < -0.39 is 6.10 Å². The summed E-state index contributed by atoms with van der Waals surface area (Å²) in [6.45, 7) is 0. The lowest BCUT2D eigenvalue weighted by Crippen LogP contribution is -2.02. The molecule has 0 spiro atoms. The highest BCUT2D eigenvalue weighted by Crippen LogP contribution is 2.25. The van der Waals surface area contributed by atoms with Crippen LogP contribution in [0.5, 0.6) is 0 Å². The molecule has 3 N–H and O–H groups in total. The van der Waals surface area contributed by atoms with Gasteiger partial charge in [0.15, 0.2) is 0 Å². The van der Waals surface area contributed by atoms with E-state index in [4.69, 9.17) is 5.73 Å². The van der Waals surface area contributed by atoms with Gasteiger partial charge in [-0.25, -0.2) is 0 Å². The highest BCUT2D eigenvalue weighted by molar-refractivity contribution is 9.10. The van der Waals surface area contributed by atoms with Crippen LogP contribution >= 0.6 is 31.9 Å². The average molecular weight is 295 g/mol. The fraction of sp³-hybridized carbons (Fsp3) is 0.250. The van der Waals surface area contributed by atoms with Gasteiger partial charge in [-0.2, -0.15) is 0 Å². The van der Waals surface area contributed by atoms with Gasteiger partial charge in [-0.15, -0.1) is 0 Å². The molecule has 0 aromatic heterocycles. The monoisotopic (exact) mass is 293 g/mol. The zero-order valence-corrected chi connectivity index (χ0v) is 9.47. The van der Waals surface area contributed by atoms with Crippen LogP contribution in [0.25, 0.3) is 0 Å². The van der Waals surface area contributed by atoms with Crippen LogP contribution in [0.4, 0.5) is 5.69 Å². The first-order valence-electron chi connectivity index (χ1n) is 3.44. The molecule has 0 aliphatic rings. The molecule has 0 fully saturated rings. The van der Waals surface area contributed by atoms with E-state index in [0.717, 1.165) is 10.0 Å². The van der Waals surface area contributed by atoms with Crippen LogP contribution in [0.15, 0.2) is 22.7 Å². The molecule has 1 unspecified atom stereocenters. The minimum atomic E-state index is -0.539. The standard InChI is InChI=1S/C8H9Br2NO/c9-4-8(12)6-3-5(10)1-2-7(6)11/h1-3,8,12H,4,11H2. The van der Waals surface area contributed by atoms with Crippen molar-refractivity contribution in [3.8, 4) is 0 Å². The number of rotatable bonds is 2. The first kappa shape index (κ1) is 10.0. The molecule has 0 saturated carbocycles. The number of nitrogens with two attached hydrogens (primary N) is 1. The predicted octanol–water partition coefficient (Wildman–Crippen LogP) is 2.46. The maximum Gasteiger partial charge on any atom is 0.0906 e. The molecule has 0 aliphatic carbocycles. The fourth-order valence-electron chi connectivity index (χ4n) is 0.917. The third-order valence-corrected chi connectivity index (χ3v) is 2.66. The summed E-state index contributed by atoms with van der Waals surface area (Å²) in [5.74, 6) is 0. The Balaban J connectivity index is 3.04. The van der Waals surface area contributed by atoms with Crippen molar-refractivity contribution in [1.29, 1.82) is 0 Å². The molecule has 0 saturated heterocycles. The van der Waals surface area contributed by atoms with Crippen molar-refractivity contribution in [2.45, 2.75) is 6.10 Å². The van der Waals surface area contributed by atoms with Gasteiger partial charge in [0.1, 0.15) is 0 Å². The van der Waals surface area contributed by atoms with Crippen molar-refractivity contribution in [1.82, 2.24) is 0 Å². The molecule has 1 atom stereocenters. The Bertz CT molecular complexity index is 278. The lowest BCUT2D eigenvalue weighted by Gasteiger charge is -2.10. The van der Waals surface area contributed by atoms with Gasteiger partial charge in [0, 0.05) is 21.1 Å². The van der Waals surface area contributed by atoms with Crippen LogP contribution in [-0.4, -0.2) is 10.4 Å². The van der Waals surface area contributed by atoms with E-state index in [1.165, 1.54) is 0 Å². The van der Waals surface area contributed by atoms with Crippen molar-refractivity contribution in [2.24, 2.45) is 0 Å². The molecular weight excluding hydrogens is 286 g/mol. The van der Waals surface area contributed by atoms with Gasteiger partial charge < -0.3 is 10.8 Å². The second-order valence-electron chi connectivity index (χ2n) is 2.44. The maximum absolute atomic E-state index is 9.49. The zero-order valence-electron chi connectivity index (χ0n) is 6.30. The molecule has 0 heterocycles. The number of halogens is 2. The van der Waals surface area contributed by atoms with E-state index in [9.17, 15) is 5.11 Å². The molecule has 0 bridgehead atoms. The smallest absolute Gasteiger partial charge is 0.0906 e. The summed E-state index contributed by atoms with van der Waals surface area (Å²) in [5, 5.41) is 9.98. The Kier molecular flexibility index (Phi) is 3.55. The van der Waals surface area contributed by atoms with E-state index in [1.807, 2.05) is 12.1 Å². The predicted molar refractivity (Wildman–Crippen MR) is 57.3 cm³/mol. The number of nitrogen functional groups attached to an aromatic ring is 1. The maximum atomic E-state index is 9.49. The molecule has 0 radical (unpaired) electrons. The van der Waals surface area contributed by atoms with Crippen LogP contribution in [0, 0.1) is 0 Å². The van der Waals surface area contributed by atoms with E-state index in [2.05, 4.69) is 31.9 Å². The number of anilines is 1. The number of hydrogen-bond donors (Lipinski definition) is 2. The number of benzene rings is 1. The van der Waals surface area contributed by atoms with Crippen molar-refractivity contribution in [3.63, 3.8) is 0 Å². The third kappa shape index (κ3) is 2.21. The van der Waals surface area contributed by atoms with Crippen LogP contribution in [-0.2, 0) is 0 Å². The topological polar surface area (TPSA) is 46.2 Å². The van der Waals surface area contributed by atoms with Crippen molar-refractivity contribution in [2.75, 3.05) is 11.1 Å². The van der Waals surface area contributed by atoms with Crippen LogP contribution in [0.1, 0.15) is 11.7 Å². The Hall–Kier alpha value is -0.0600. The normalized spacial score (nSPS) is 12.9. The highest BCUT2D eigenvalue weighted by atomic mass is 79.9. The number of aliphatic hydroxyl groups excluding tert-OH is 1. The van der Waals surface area contributed by atoms with E-state index in [0.29, 0.717) is 11.0 Å². The summed E-state index contributed by atoms with van der Waals surface area (Å²) in [5.41, 5.74) is 7.03. The van der Waals surface area contributed by atoms with Gasteiger partial charge in [-0.3, -0.25) is 0 Å². The molecule has 4 heteroatoms. The molecule has 0 aliphatic heterocycles. The number of alkyl halides is 1. The minimum absolute atomic E-state index is 0.494. The van der Waals surface area contributed by atoms with Crippen LogP contribution in [0.2, 0.25) is 0 Å². The summed E-state index contributed by atoms with van der Waals surface area (Å²) in [7, 11) is 0. The summed E-state index contributed by atoms with van der Waals surface area (Å²) in [4.78, 5) is 0. The Labute approximate surface area is 88.0 Å². The van der Waals surface area contributed by atoms with Crippen LogP contribution in [0.3, 0.4) is 0 Å². The van der Waals surface area contributed by atoms with Gasteiger partial charge in [0.05, 0.1) is 6.10 Å². The Morgan fingerprint density at radius 3 is 2.75 bits per heavy atom. The molecule has 66 valence electrons. The second-order valence-corrected chi connectivity index (χ2v) is 4.01. The minimum Gasteiger partial charge on any atom is -0.398 e. The number of aliphatic hydroxyl groups is 1. The van der Waals surface area contributed by atoms with Gasteiger partial charge in [0.25, 0.3) is 0 Å². The van der Waals surface area contributed by atoms with Gasteiger partial charge in [0.2, 0.25) is 0 Å². The largest absolute Gasteiger partial charge is 0.398 e. The molecule has 1 aromatic carbocycles. The average Bonchev–Trinajstić information content (AvgIpc) is 2.08. The fourth-order valence-corrected chi connectivity index (χ4v) is 1.64. The zero-order chi connectivity index (χ0) is 9.14. The van der Waals surface area contributed by atoms with Crippen LogP contribution < -0.4 is 5.73 Å². The Morgan fingerprint density at radius 1 is 1.50 bits per heavy atom. The molecule has 2 nitrogen and oxygen atoms in total. The third-order valence-electron chi connectivity index (χ3n) is 1.55. The quantitative estimate of drug-likeness (QED) is 0.650. The second kappa shape index (κ2) is 4.25. The SMILES string of the molecule is Nc1ccc(Br)cc1C(O)CBr. The summed E-state index contributed by atoms with van der Waals surface area (Å²) < 4.78 is 0.923. The van der Waals surface area contributed by atoms with Crippen molar-refractivity contribution >= 4 is 37.5 Å². The lowest BCUT2D eigenvalue weighted by molar-refractivity contribution is 0.206. The molecular formula is C8H9Br2NO. The first-order chi connectivity index (χ1) is 5.65. The van der Waals surface area contributed by atoms with E-state index in [1.54, 1.807) is 6.07 Å². The van der Waals surface area contributed by atoms with E-state index >= 15 is 0 Å². The van der Waals surface area contributed by atoms with Crippen molar-refractivity contribution in [3.05, 3.63) is 28.2 Å². The molecule has 12 heavy (non-hydrogen) atoms. The van der Waals surface area contributed by atoms with E-state index in [-0.39, 0.29) is 0 Å². The van der Waals surface area contributed by atoms with Gasteiger partial charge >= 0.3 is 0 Å². The summed E-state index contributed by atoms with van der Waals surface area (Å²) in [6.07, 6.45) is -0.539. The van der Waals surface area contributed by atoms with Crippen molar-refractivity contribution < 1.29 is 5.11 Å². The molecule has 1 aromatic rings. The Morgan fingerprint density at radius 2 is 2.17 bits per heavy atom. The first-order valence-corrected chi connectivity index (χ1v) is 5.35. The van der Waals surface area contributed by atoms with Gasteiger partial charge in [-0.05, 0) is 18.2 Å². The highest BCUT2D eigenvalue weighted by Gasteiger charge is 2.09. The summed E-state index contributed by atoms with van der Waals surface area (Å²) in [6, 6.07) is 5.44. The molecule has 0 amide bonds. The summed E-state index contributed by atoms with van der Waals surface area (Å²) >= 11 is 6.50.